The van der Waals surface area contributed by atoms with Gasteiger partial charge >= 0.3 is 0 Å². The molecule has 1 aromatic rings. The minimum atomic E-state index is 0. The van der Waals surface area contributed by atoms with Crippen molar-refractivity contribution in [3.8, 4) is 0 Å². The van der Waals surface area contributed by atoms with Gasteiger partial charge in [-0.2, -0.15) is 0 Å². The van der Waals surface area contributed by atoms with Gasteiger partial charge < -0.3 is 19.7 Å². The van der Waals surface area contributed by atoms with E-state index in [9.17, 15) is 0 Å². The molecule has 2 heterocycles. The predicted octanol–water partition coefficient (Wildman–Crippen LogP) is 4.66. The van der Waals surface area contributed by atoms with Gasteiger partial charge in [0.1, 0.15) is 0 Å². The van der Waals surface area contributed by atoms with Gasteiger partial charge in [-0.05, 0) is 43.6 Å². The van der Waals surface area contributed by atoms with E-state index in [0.29, 0.717) is 6.10 Å². The first kappa shape index (κ1) is 24.9. The molecule has 1 saturated heterocycles. The number of piperidine rings is 1. The van der Waals surface area contributed by atoms with Crippen LogP contribution >= 0.6 is 35.3 Å². The lowest BCUT2D eigenvalue weighted by atomic mass is 9.73. The number of aliphatic imine (C=N–C) groups is 1. The van der Waals surface area contributed by atoms with Crippen LogP contribution in [0.1, 0.15) is 56.2 Å². The van der Waals surface area contributed by atoms with Gasteiger partial charge in [0.05, 0.1) is 6.10 Å². The van der Waals surface area contributed by atoms with Gasteiger partial charge in [-0.25, -0.2) is 0 Å². The van der Waals surface area contributed by atoms with Crippen molar-refractivity contribution < 1.29 is 9.47 Å². The van der Waals surface area contributed by atoms with Gasteiger partial charge in [0.15, 0.2) is 5.96 Å². The Hall–Kier alpha value is -0.380. The summed E-state index contributed by atoms with van der Waals surface area (Å²) in [6, 6.07) is 4.52. The van der Waals surface area contributed by atoms with E-state index in [1.807, 2.05) is 18.4 Å². The summed E-state index contributed by atoms with van der Waals surface area (Å²) in [4.78, 5) is 8.54. The molecule has 2 aliphatic rings. The topological polar surface area (TPSA) is 46.1 Å². The second-order valence-electron chi connectivity index (χ2n) is 8.12. The van der Waals surface area contributed by atoms with Crippen LogP contribution in [-0.2, 0) is 14.9 Å². The third kappa shape index (κ3) is 7.08. The van der Waals surface area contributed by atoms with E-state index in [2.05, 4.69) is 32.7 Å². The molecule has 29 heavy (non-hydrogen) atoms. The van der Waals surface area contributed by atoms with Gasteiger partial charge in [0.2, 0.25) is 0 Å². The van der Waals surface area contributed by atoms with E-state index in [0.717, 1.165) is 58.1 Å². The van der Waals surface area contributed by atoms with E-state index in [-0.39, 0.29) is 29.4 Å². The van der Waals surface area contributed by atoms with Crippen molar-refractivity contribution in [1.82, 2.24) is 10.2 Å². The van der Waals surface area contributed by atoms with Crippen molar-refractivity contribution in [2.45, 2.75) is 62.9 Å². The summed E-state index contributed by atoms with van der Waals surface area (Å²) in [5, 5.41) is 5.96. The Kier molecular flexibility index (Phi) is 11.3. The van der Waals surface area contributed by atoms with Crippen LogP contribution in [0.2, 0.25) is 0 Å². The molecule has 1 saturated carbocycles. The zero-order valence-corrected chi connectivity index (χ0v) is 21.2. The minimum Gasteiger partial charge on any atom is -0.385 e. The fourth-order valence-electron chi connectivity index (χ4n) is 4.59. The quantitative estimate of drug-likeness (QED) is 0.228. The van der Waals surface area contributed by atoms with Crippen LogP contribution in [0, 0.1) is 0 Å². The summed E-state index contributed by atoms with van der Waals surface area (Å²) >= 11 is 1.92. The maximum absolute atomic E-state index is 6.00. The standard InChI is InChI=1S/C22H37N3O2S.HI/c1-23-21(25-13-9-19(10-14-25)27-16-7-15-26-2)24-18-22(11-4-3-5-12-22)20-8-6-17-28-20;/h6,8,17,19H,3-5,7,9-16,18H2,1-2H3,(H,23,24);1H. The summed E-state index contributed by atoms with van der Waals surface area (Å²) in [6.07, 6.45) is 10.1. The molecule has 0 spiro atoms. The predicted molar refractivity (Wildman–Crippen MR) is 133 cm³/mol. The van der Waals surface area contributed by atoms with E-state index < -0.39 is 0 Å². The van der Waals surface area contributed by atoms with E-state index in [1.165, 1.54) is 32.1 Å². The summed E-state index contributed by atoms with van der Waals surface area (Å²) < 4.78 is 11.1. The number of guanidine groups is 1. The highest BCUT2D eigenvalue weighted by Gasteiger charge is 2.35. The first-order valence-electron chi connectivity index (χ1n) is 10.9. The lowest BCUT2D eigenvalue weighted by Gasteiger charge is -2.39. The molecule has 1 aromatic heterocycles. The van der Waals surface area contributed by atoms with Gasteiger partial charge in [0, 0.05) is 57.3 Å². The van der Waals surface area contributed by atoms with Crippen molar-refractivity contribution >= 4 is 41.3 Å². The molecule has 1 N–H and O–H groups in total. The number of ether oxygens (including phenoxy) is 2. The Morgan fingerprint density at radius 3 is 2.62 bits per heavy atom. The minimum absolute atomic E-state index is 0. The number of methoxy groups -OCH3 is 1. The van der Waals surface area contributed by atoms with Crippen LogP contribution in [0.5, 0.6) is 0 Å². The average molecular weight is 536 g/mol. The zero-order chi connectivity index (χ0) is 19.7. The van der Waals surface area contributed by atoms with E-state index in [1.54, 1.807) is 12.0 Å². The Labute approximate surface area is 197 Å². The first-order chi connectivity index (χ1) is 13.8. The van der Waals surface area contributed by atoms with Crippen molar-refractivity contribution in [2.24, 2.45) is 4.99 Å². The molecule has 0 atom stereocenters. The molecular formula is C22H38IN3O2S. The van der Waals surface area contributed by atoms with Crippen LogP contribution in [0.15, 0.2) is 22.5 Å². The normalized spacial score (nSPS) is 20.3. The van der Waals surface area contributed by atoms with Crippen LogP contribution in [0.25, 0.3) is 0 Å². The van der Waals surface area contributed by atoms with Gasteiger partial charge in [-0.3, -0.25) is 4.99 Å². The summed E-state index contributed by atoms with van der Waals surface area (Å²) in [5.41, 5.74) is 0.283. The van der Waals surface area contributed by atoms with Crippen molar-refractivity contribution in [3.63, 3.8) is 0 Å². The Morgan fingerprint density at radius 2 is 2.00 bits per heavy atom. The number of nitrogens with one attached hydrogen (secondary N) is 1. The SMILES string of the molecule is CN=C(NCC1(c2cccs2)CCCCC1)N1CCC(OCCCOC)CC1.I. The molecule has 0 bridgehead atoms. The maximum atomic E-state index is 6.00. The first-order valence-corrected chi connectivity index (χ1v) is 11.8. The average Bonchev–Trinajstić information content (AvgIpc) is 3.29. The number of hydrogen-bond donors (Lipinski definition) is 1. The Morgan fingerprint density at radius 1 is 1.24 bits per heavy atom. The molecular weight excluding hydrogens is 497 g/mol. The fraction of sp³-hybridized carbons (Fsp3) is 0.773. The Bertz CT molecular complexity index is 583. The highest BCUT2D eigenvalue weighted by atomic mass is 127. The molecule has 7 heteroatoms. The molecule has 2 fully saturated rings. The number of hydrogen-bond acceptors (Lipinski definition) is 4. The largest absolute Gasteiger partial charge is 0.385 e. The highest BCUT2D eigenvalue weighted by molar-refractivity contribution is 14.0. The van der Waals surface area contributed by atoms with E-state index in [4.69, 9.17) is 9.47 Å². The van der Waals surface area contributed by atoms with E-state index >= 15 is 0 Å². The monoisotopic (exact) mass is 535 g/mol. The number of halogens is 1. The van der Waals surface area contributed by atoms with Gasteiger partial charge in [0.25, 0.3) is 0 Å². The zero-order valence-electron chi connectivity index (χ0n) is 18.0. The summed E-state index contributed by atoms with van der Waals surface area (Å²) in [6.45, 7) is 4.60. The van der Waals surface area contributed by atoms with Crippen LogP contribution in [-0.4, -0.2) is 64.0 Å². The van der Waals surface area contributed by atoms with Crippen molar-refractivity contribution in [3.05, 3.63) is 22.4 Å². The molecule has 0 amide bonds. The molecule has 0 unspecified atom stereocenters. The van der Waals surface area contributed by atoms with Crippen LogP contribution in [0.3, 0.4) is 0 Å². The second kappa shape index (κ2) is 13.1. The molecule has 166 valence electrons. The Balaban J connectivity index is 0.00000300. The van der Waals surface area contributed by atoms with Gasteiger partial charge in [-0.15, -0.1) is 35.3 Å². The summed E-state index contributed by atoms with van der Waals surface area (Å²) in [5.74, 6) is 1.05. The third-order valence-corrected chi connectivity index (χ3v) is 7.36. The van der Waals surface area contributed by atoms with Crippen LogP contribution < -0.4 is 5.32 Å². The molecule has 1 aliphatic heterocycles. The maximum Gasteiger partial charge on any atom is 0.193 e. The number of rotatable bonds is 8. The molecule has 1 aliphatic carbocycles. The molecule has 5 nitrogen and oxygen atoms in total. The number of thiophene rings is 1. The molecule has 3 rings (SSSR count). The molecule has 0 radical (unpaired) electrons. The lowest BCUT2D eigenvalue weighted by molar-refractivity contribution is 0.00985. The third-order valence-electron chi connectivity index (χ3n) is 6.24. The van der Waals surface area contributed by atoms with Crippen molar-refractivity contribution in [1.29, 1.82) is 0 Å². The van der Waals surface area contributed by atoms with Crippen LogP contribution in [0.4, 0.5) is 0 Å². The molecule has 0 aromatic carbocycles. The summed E-state index contributed by atoms with van der Waals surface area (Å²) in [7, 11) is 3.65. The highest BCUT2D eigenvalue weighted by Crippen LogP contribution is 2.41. The lowest BCUT2D eigenvalue weighted by Crippen LogP contribution is -2.50. The van der Waals surface area contributed by atoms with Gasteiger partial charge in [-0.1, -0.05) is 25.3 Å². The number of nitrogens with zero attached hydrogens (tertiary/aromatic N) is 2. The van der Waals surface area contributed by atoms with Crippen molar-refractivity contribution in [2.75, 3.05) is 47.0 Å². The number of likely N-dealkylation sites (tertiary alicyclic amines) is 1. The fourth-order valence-corrected chi connectivity index (χ4v) is 5.57. The second-order valence-corrected chi connectivity index (χ2v) is 9.07. The smallest absolute Gasteiger partial charge is 0.193 e.